The van der Waals surface area contributed by atoms with Crippen molar-refractivity contribution in [3.8, 4) is 5.75 Å². The van der Waals surface area contributed by atoms with Crippen LogP contribution in [0.4, 0.5) is 9.52 Å². The normalized spacial score (nSPS) is 15.8. The Labute approximate surface area is 282 Å². The molecule has 1 unspecified atom stereocenters. The molecular formula is C34H24Cl2FN3O4S2. The summed E-state index contributed by atoms with van der Waals surface area (Å²) in [5.41, 5.74) is 3.55. The third-order valence-electron chi connectivity index (χ3n) is 7.21. The number of aromatic nitrogens is 2. The van der Waals surface area contributed by atoms with Crippen LogP contribution in [0.5, 0.6) is 5.75 Å². The quantitative estimate of drug-likeness (QED) is 0.0543. The van der Waals surface area contributed by atoms with E-state index in [1.807, 2.05) is 37.3 Å². The average molecular weight is 693 g/mol. The van der Waals surface area contributed by atoms with Crippen molar-refractivity contribution in [3.05, 3.63) is 140 Å². The van der Waals surface area contributed by atoms with E-state index >= 15 is 0 Å². The van der Waals surface area contributed by atoms with Gasteiger partial charge in [0.2, 0.25) is 5.13 Å². The number of hydrogen-bond donors (Lipinski definition) is 1. The van der Waals surface area contributed by atoms with Gasteiger partial charge < -0.3 is 9.84 Å². The van der Waals surface area contributed by atoms with E-state index in [-0.39, 0.29) is 16.5 Å². The fourth-order valence-electron chi connectivity index (χ4n) is 4.96. The molecule has 1 N–H and O–H groups in total. The molecule has 0 radical (unpaired) electrons. The summed E-state index contributed by atoms with van der Waals surface area (Å²) in [4.78, 5) is 28.2. The highest BCUT2D eigenvalue weighted by atomic mass is 35.5. The Morgan fingerprint density at radius 2 is 1.76 bits per heavy atom. The number of amides is 1. The molecule has 0 aliphatic carbocycles. The molecule has 1 fully saturated rings. The molecule has 1 atom stereocenters. The number of aryl methyl sites for hydroxylation is 1. The highest BCUT2D eigenvalue weighted by molar-refractivity contribution is 8.00. The fourth-order valence-corrected chi connectivity index (χ4v) is 7.39. The molecule has 1 aliphatic rings. The van der Waals surface area contributed by atoms with Gasteiger partial charge in [0, 0.05) is 21.4 Å². The highest BCUT2D eigenvalue weighted by Gasteiger charge is 2.48. The van der Waals surface area contributed by atoms with E-state index in [0.717, 1.165) is 28.0 Å². The maximum atomic E-state index is 13.9. The number of thioether (sulfide) groups is 1. The van der Waals surface area contributed by atoms with Crippen molar-refractivity contribution in [1.29, 1.82) is 0 Å². The predicted molar refractivity (Wildman–Crippen MR) is 179 cm³/mol. The number of anilines is 1. The van der Waals surface area contributed by atoms with Crippen molar-refractivity contribution >= 4 is 68.9 Å². The zero-order chi connectivity index (χ0) is 32.4. The minimum absolute atomic E-state index is 0.151. The number of hydrogen-bond acceptors (Lipinski definition) is 8. The van der Waals surface area contributed by atoms with E-state index in [0.29, 0.717) is 43.6 Å². The van der Waals surface area contributed by atoms with Crippen molar-refractivity contribution in [1.82, 2.24) is 10.2 Å². The van der Waals surface area contributed by atoms with Crippen LogP contribution in [0.3, 0.4) is 0 Å². The van der Waals surface area contributed by atoms with Crippen LogP contribution in [-0.2, 0) is 21.9 Å². The number of ether oxygens (including phenoxy) is 1. The van der Waals surface area contributed by atoms with Crippen LogP contribution in [0.2, 0.25) is 10.0 Å². The van der Waals surface area contributed by atoms with Gasteiger partial charge in [0.05, 0.1) is 11.6 Å². The number of Topliss-reactive ketones (excluding diaryl/α,β-unsaturated/α-hetero) is 1. The minimum atomic E-state index is -1.07. The number of carbonyl (C=O) groups excluding carboxylic acids is 2. The molecule has 4 aromatic carbocycles. The van der Waals surface area contributed by atoms with Gasteiger partial charge in [-0.3, -0.25) is 14.5 Å². The van der Waals surface area contributed by atoms with Crippen molar-refractivity contribution in [2.45, 2.75) is 29.7 Å². The third-order valence-corrected chi connectivity index (χ3v) is 9.91. The number of benzene rings is 4. The molecule has 46 heavy (non-hydrogen) atoms. The van der Waals surface area contributed by atoms with Crippen LogP contribution >= 0.6 is 46.3 Å². The van der Waals surface area contributed by atoms with Gasteiger partial charge in [0.25, 0.3) is 5.78 Å². The Morgan fingerprint density at radius 1 is 1.00 bits per heavy atom. The van der Waals surface area contributed by atoms with Crippen molar-refractivity contribution in [2.24, 2.45) is 0 Å². The molecule has 5 aromatic rings. The molecule has 1 aliphatic heterocycles. The molecule has 0 spiro atoms. The summed E-state index contributed by atoms with van der Waals surface area (Å²) in [6.45, 7) is 2.36. The number of carbonyl (C=O) groups is 2. The molecule has 7 nitrogen and oxygen atoms in total. The Kier molecular flexibility index (Phi) is 9.42. The summed E-state index contributed by atoms with van der Waals surface area (Å²) in [6, 6.07) is 24.1. The van der Waals surface area contributed by atoms with E-state index in [9.17, 15) is 19.1 Å². The second kappa shape index (κ2) is 13.6. The summed E-state index contributed by atoms with van der Waals surface area (Å²) >= 11 is 14.8. The van der Waals surface area contributed by atoms with E-state index in [1.54, 1.807) is 36.4 Å². The summed E-state index contributed by atoms with van der Waals surface area (Å²) in [5.74, 6) is -1.62. The maximum Gasteiger partial charge on any atom is 0.301 e. The molecule has 232 valence electrons. The minimum Gasteiger partial charge on any atom is -0.507 e. The van der Waals surface area contributed by atoms with E-state index in [2.05, 4.69) is 10.2 Å². The van der Waals surface area contributed by atoms with Gasteiger partial charge in [-0.25, -0.2) is 4.39 Å². The van der Waals surface area contributed by atoms with Crippen LogP contribution in [0.15, 0.2) is 101 Å². The first kappa shape index (κ1) is 31.7. The Balaban J connectivity index is 1.29. The molecule has 6 rings (SSSR count). The van der Waals surface area contributed by atoms with E-state index in [1.165, 1.54) is 40.9 Å². The molecule has 12 heteroatoms. The Morgan fingerprint density at radius 3 is 2.48 bits per heavy atom. The van der Waals surface area contributed by atoms with Crippen LogP contribution in [0.25, 0.3) is 5.76 Å². The number of ketones is 1. The molecule has 1 aromatic heterocycles. The molecular weight excluding hydrogens is 668 g/mol. The average Bonchev–Trinajstić information content (AvgIpc) is 3.61. The molecule has 0 saturated carbocycles. The van der Waals surface area contributed by atoms with Crippen molar-refractivity contribution < 1.29 is 23.8 Å². The summed E-state index contributed by atoms with van der Waals surface area (Å²) in [5, 5.41) is 21.1. The summed E-state index contributed by atoms with van der Waals surface area (Å²) in [6.07, 6.45) is 0. The number of rotatable bonds is 9. The van der Waals surface area contributed by atoms with Crippen LogP contribution < -0.4 is 9.64 Å². The Hall–Kier alpha value is -4.22. The number of aliphatic hydroxyl groups is 1. The number of aliphatic hydroxyl groups excluding tert-OH is 1. The molecule has 0 bridgehead atoms. The lowest BCUT2D eigenvalue weighted by atomic mass is 9.95. The lowest BCUT2D eigenvalue weighted by Crippen LogP contribution is -2.29. The zero-order valence-corrected chi connectivity index (χ0v) is 27.3. The largest absolute Gasteiger partial charge is 0.507 e. The first-order chi connectivity index (χ1) is 22.2. The van der Waals surface area contributed by atoms with Gasteiger partial charge in [0.15, 0.2) is 4.34 Å². The maximum absolute atomic E-state index is 13.9. The van der Waals surface area contributed by atoms with Gasteiger partial charge in [-0.05, 0) is 72.1 Å². The zero-order valence-electron chi connectivity index (χ0n) is 24.1. The van der Waals surface area contributed by atoms with Crippen LogP contribution in [0, 0.1) is 12.7 Å². The second-order valence-corrected chi connectivity index (χ2v) is 13.4. The number of nitrogens with zero attached hydrogens (tertiary/aromatic N) is 3. The first-order valence-corrected chi connectivity index (χ1v) is 16.5. The monoisotopic (exact) mass is 691 g/mol. The molecule has 1 amide bonds. The van der Waals surface area contributed by atoms with Crippen LogP contribution in [0.1, 0.15) is 33.9 Å². The standard InChI is InChI=1S/C34H24Cl2FN3O4S2/c1-19-3-2-4-20(15-19)17-44-26-13-8-22(9-14-26)30(41)28-29(21-6-11-25(37)12-7-21)40(32(43)31(28)42)33-38-39-34(46-33)45-18-23-5-10-24(35)16-27(23)36/h2-16,29,41H,17-18H2,1H3. The number of halogens is 3. The van der Waals surface area contributed by atoms with Crippen LogP contribution in [-0.4, -0.2) is 27.0 Å². The first-order valence-electron chi connectivity index (χ1n) is 13.9. The predicted octanol–water partition coefficient (Wildman–Crippen LogP) is 8.79. The lowest BCUT2D eigenvalue weighted by molar-refractivity contribution is -0.132. The van der Waals surface area contributed by atoms with Crippen molar-refractivity contribution in [3.63, 3.8) is 0 Å². The third kappa shape index (κ3) is 6.80. The molecule has 2 heterocycles. The van der Waals surface area contributed by atoms with E-state index < -0.39 is 23.5 Å². The second-order valence-electron chi connectivity index (χ2n) is 10.4. The Bertz CT molecular complexity index is 1970. The summed E-state index contributed by atoms with van der Waals surface area (Å²) < 4.78 is 20.3. The topological polar surface area (TPSA) is 92.6 Å². The summed E-state index contributed by atoms with van der Waals surface area (Å²) in [7, 11) is 0. The highest BCUT2D eigenvalue weighted by Crippen LogP contribution is 2.44. The van der Waals surface area contributed by atoms with Crippen molar-refractivity contribution in [2.75, 3.05) is 4.90 Å². The fraction of sp³-hybridized carbons (Fsp3) is 0.118. The SMILES string of the molecule is Cc1cccc(COc2ccc(C(O)=C3C(=O)C(=O)N(c4nnc(SCc5ccc(Cl)cc5Cl)s4)C3c3ccc(F)cc3)cc2)c1. The van der Waals surface area contributed by atoms with Gasteiger partial charge in [-0.15, -0.1) is 10.2 Å². The van der Waals surface area contributed by atoms with Gasteiger partial charge in [-0.1, -0.05) is 94.3 Å². The van der Waals surface area contributed by atoms with Gasteiger partial charge >= 0.3 is 5.91 Å². The van der Waals surface area contributed by atoms with Gasteiger partial charge in [-0.2, -0.15) is 0 Å². The van der Waals surface area contributed by atoms with E-state index in [4.69, 9.17) is 27.9 Å². The lowest BCUT2D eigenvalue weighted by Gasteiger charge is -2.22. The smallest absolute Gasteiger partial charge is 0.301 e. The molecule has 1 saturated heterocycles. The van der Waals surface area contributed by atoms with Gasteiger partial charge in [0.1, 0.15) is 23.9 Å².